The number of benzene rings is 1. The van der Waals surface area contributed by atoms with E-state index in [2.05, 4.69) is 25.6 Å². The van der Waals surface area contributed by atoms with Crippen LogP contribution in [-0.2, 0) is 10.0 Å². The molecule has 146 valence electrons. The van der Waals surface area contributed by atoms with Gasteiger partial charge in [-0.15, -0.1) is 9.90 Å². The predicted octanol–water partition coefficient (Wildman–Crippen LogP) is 1.64. The molecule has 3 N–H and O–H groups in total. The number of carbonyl (C=O) groups excluding carboxylic acids is 1. The Morgan fingerprint density at radius 2 is 1.89 bits per heavy atom. The van der Waals surface area contributed by atoms with Gasteiger partial charge in [0.15, 0.2) is 5.82 Å². The summed E-state index contributed by atoms with van der Waals surface area (Å²) in [6, 6.07) is 8.79. The number of anilines is 1. The lowest BCUT2D eigenvalue weighted by atomic mass is 9.96. The Bertz CT molecular complexity index is 847. The summed E-state index contributed by atoms with van der Waals surface area (Å²) in [5.74, 6) is 0.118. The average Bonchev–Trinajstić information content (AvgIpc) is 3.11. The smallest absolute Gasteiger partial charge is 0.320 e. The first kappa shape index (κ1) is 19.3. The Morgan fingerprint density at radius 3 is 2.63 bits per heavy atom. The number of rotatable bonds is 7. The molecule has 1 aliphatic rings. The van der Waals surface area contributed by atoms with E-state index in [9.17, 15) is 13.2 Å². The highest BCUT2D eigenvalue weighted by atomic mass is 32.2. The van der Waals surface area contributed by atoms with Crippen LogP contribution in [0.5, 0.6) is 0 Å². The Balaban J connectivity index is 1.42. The molecule has 0 unspecified atom stereocenters. The average molecular weight is 392 g/mol. The maximum atomic E-state index is 12.1. The SMILES string of the molecule is O=C(NCCS(=O)(=O)NC1CCCCC1)Nc1cnn(-c2ccccc2)n1. The molecule has 1 aromatic heterocycles. The summed E-state index contributed by atoms with van der Waals surface area (Å²) < 4.78 is 26.9. The monoisotopic (exact) mass is 392 g/mol. The van der Waals surface area contributed by atoms with Crippen molar-refractivity contribution in [3.63, 3.8) is 0 Å². The molecule has 0 saturated heterocycles. The first-order valence-corrected chi connectivity index (χ1v) is 10.7. The molecule has 2 amide bonds. The van der Waals surface area contributed by atoms with Crippen molar-refractivity contribution in [2.45, 2.75) is 38.1 Å². The minimum atomic E-state index is -3.41. The zero-order chi connectivity index (χ0) is 19.1. The zero-order valence-electron chi connectivity index (χ0n) is 15.0. The normalized spacial score (nSPS) is 15.4. The fourth-order valence-electron chi connectivity index (χ4n) is 3.00. The molecule has 2 aromatic rings. The van der Waals surface area contributed by atoms with Crippen LogP contribution in [0.25, 0.3) is 5.69 Å². The number of nitrogens with zero attached hydrogens (tertiary/aromatic N) is 3. The van der Waals surface area contributed by atoms with Crippen LogP contribution in [0.1, 0.15) is 32.1 Å². The lowest BCUT2D eigenvalue weighted by Crippen LogP contribution is -2.41. The third kappa shape index (κ3) is 6.04. The van der Waals surface area contributed by atoms with Gasteiger partial charge in [0, 0.05) is 12.6 Å². The third-order valence-electron chi connectivity index (χ3n) is 4.33. The zero-order valence-corrected chi connectivity index (χ0v) is 15.8. The van der Waals surface area contributed by atoms with E-state index in [-0.39, 0.29) is 24.2 Å². The van der Waals surface area contributed by atoms with Crippen LogP contribution < -0.4 is 15.4 Å². The number of nitrogens with one attached hydrogen (secondary N) is 3. The Hall–Kier alpha value is -2.46. The number of aromatic nitrogens is 3. The summed E-state index contributed by atoms with van der Waals surface area (Å²) in [6.07, 6.45) is 6.45. The van der Waals surface area contributed by atoms with Gasteiger partial charge in [0.1, 0.15) is 0 Å². The van der Waals surface area contributed by atoms with E-state index in [1.807, 2.05) is 30.3 Å². The van der Waals surface area contributed by atoms with Gasteiger partial charge < -0.3 is 5.32 Å². The topological polar surface area (TPSA) is 118 Å². The highest BCUT2D eigenvalue weighted by Crippen LogP contribution is 2.18. The van der Waals surface area contributed by atoms with E-state index in [1.54, 1.807) is 0 Å². The molecule has 1 aliphatic carbocycles. The minimum absolute atomic E-state index is 0.0146. The van der Waals surface area contributed by atoms with E-state index in [0.29, 0.717) is 0 Å². The molecule has 10 heteroatoms. The van der Waals surface area contributed by atoms with Crippen molar-refractivity contribution in [2.75, 3.05) is 17.6 Å². The molecule has 0 spiro atoms. The molecule has 0 radical (unpaired) electrons. The molecule has 0 atom stereocenters. The summed E-state index contributed by atoms with van der Waals surface area (Å²) in [7, 11) is -3.41. The fourth-order valence-corrected chi connectivity index (χ4v) is 4.23. The van der Waals surface area contributed by atoms with E-state index >= 15 is 0 Å². The van der Waals surface area contributed by atoms with Crippen molar-refractivity contribution in [1.29, 1.82) is 0 Å². The second kappa shape index (κ2) is 8.96. The highest BCUT2D eigenvalue weighted by molar-refractivity contribution is 7.89. The van der Waals surface area contributed by atoms with Gasteiger partial charge in [-0.3, -0.25) is 5.32 Å². The third-order valence-corrected chi connectivity index (χ3v) is 5.76. The molecule has 3 rings (SSSR count). The molecular weight excluding hydrogens is 368 g/mol. The van der Waals surface area contributed by atoms with Crippen LogP contribution in [0.2, 0.25) is 0 Å². The van der Waals surface area contributed by atoms with Crippen molar-refractivity contribution in [2.24, 2.45) is 0 Å². The lowest BCUT2D eigenvalue weighted by Gasteiger charge is -2.22. The quantitative estimate of drug-likeness (QED) is 0.662. The van der Waals surface area contributed by atoms with Gasteiger partial charge in [-0.1, -0.05) is 37.5 Å². The van der Waals surface area contributed by atoms with Crippen molar-refractivity contribution in [3.8, 4) is 5.69 Å². The van der Waals surface area contributed by atoms with Crippen LogP contribution in [0.4, 0.5) is 10.6 Å². The first-order valence-electron chi connectivity index (χ1n) is 9.04. The second-order valence-corrected chi connectivity index (χ2v) is 8.38. The second-order valence-electron chi connectivity index (χ2n) is 6.51. The highest BCUT2D eigenvalue weighted by Gasteiger charge is 2.20. The van der Waals surface area contributed by atoms with Gasteiger partial charge in [0.05, 0.1) is 17.6 Å². The van der Waals surface area contributed by atoms with Crippen molar-refractivity contribution in [1.82, 2.24) is 25.0 Å². The summed E-state index contributed by atoms with van der Waals surface area (Å²) >= 11 is 0. The molecule has 0 aliphatic heterocycles. The van der Waals surface area contributed by atoms with Crippen LogP contribution in [0.15, 0.2) is 36.5 Å². The van der Waals surface area contributed by atoms with Gasteiger partial charge >= 0.3 is 6.03 Å². The van der Waals surface area contributed by atoms with E-state index in [4.69, 9.17) is 0 Å². The van der Waals surface area contributed by atoms with Crippen molar-refractivity contribution < 1.29 is 13.2 Å². The molecule has 1 fully saturated rings. The molecule has 27 heavy (non-hydrogen) atoms. The summed E-state index contributed by atoms with van der Waals surface area (Å²) in [6.45, 7) is 0.0146. The number of hydrogen-bond acceptors (Lipinski definition) is 5. The van der Waals surface area contributed by atoms with Crippen molar-refractivity contribution >= 4 is 21.9 Å². The van der Waals surface area contributed by atoms with E-state index in [1.165, 1.54) is 11.0 Å². The number of amides is 2. The Morgan fingerprint density at radius 1 is 1.15 bits per heavy atom. The first-order chi connectivity index (χ1) is 13.0. The van der Waals surface area contributed by atoms with Gasteiger partial charge in [0.25, 0.3) is 0 Å². The largest absolute Gasteiger partial charge is 0.337 e. The number of sulfonamides is 1. The molecule has 0 bridgehead atoms. The standard InChI is InChI=1S/C17H24N6O3S/c24-17(18-11-12-27(25,26)22-14-7-3-1-4-8-14)20-16-13-19-23(21-16)15-9-5-2-6-10-15/h2,5-6,9-10,13-14,22H,1,3-4,7-8,11-12H2,(H2,18,20,21,24). The van der Waals surface area contributed by atoms with Crippen LogP contribution >= 0.6 is 0 Å². The van der Waals surface area contributed by atoms with Crippen LogP contribution in [0, 0.1) is 0 Å². The number of carbonyl (C=O) groups is 1. The van der Waals surface area contributed by atoms with Gasteiger partial charge in [-0.2, -0.15) is 5.10 Å². The van der Waals surface area contributed by atoms with Gasteiger partial charge in [-0.05, 0) is 25.0 Å². The number of para-hydroxylation sites is 1. The van der Waals surface area contributed by atoms with Crippen LogP contribution in [0.3, 0.4) is 0 Å². The number of hydrogen-bond donors (Lipinski definition) is 3. The van der Waals surface area contributed by atoms with Crippen molar-refractivity contribution in [3.05, 3.63) is 36.5 Å². The predicted molar refractivity (Wildman–Crippen MR) is 102 cm³/mol. The Labute approximate surface area is 158 Å². The van der Waals surface area contributed by atoms with Crippen LogP contribution in [-0.4, -0.2) is 47.8 Å². The van der Waals surface area contributed by atoms with Gasteiger partial charge in [0.2, 0.25) is 10.0 Å². The summed E-state index contributed by atoms with van der Waals surface area (Å²) in [5.41, 5.74) is 0.769. The maximum Gasteiger partial charge on any atom is 0.320 e. The minimum Gasteiger partial charge on any atom is -0.337 e. The Kier molecular flexibility index (Phi) is 6.40. The maximum absolute atomic E-state index is 12.1. The molecule has 1 aromatic carbocycles. The summed E-state index contributed by atoms with van der Waals surface area (Å²) in [5, 5.41) is 13.3. The molecule has 9 nitrogen and oxygen atoms in total. The van der Waals surface area contributed by atoms with E-state index < -0.39 is 16.1 Å². The van der Waals surface area contributed by atoms with E-state index in [0.717, 1.165) is 37.8 Å². The van der Waals surface area contributed by atoms with Gasteiger partial charge in [-0.25, -0.2) is 17.9 Å². The molecular formula is C17H24N6O3S. The number of urea groups is 1. The molecule has 1 heterocycles. The lowest BCUT2D eigenvalue weighted by molar-refractivity contribution is 0.252. The summed E-state index contributed by atoms with van der Waals surface area (Å²) in [4.78, 5) is 13.3. The fraction of sp³-hybridized carbons (Fsp3) is 0.471. The molecule has 1 saturated carbocycles.